The number of nitrogens with one attached hydrogen (secondary N) is 2. The van der Waals surface area contributed by atoms with E-state index in [9.17, 15) is 4.79 Å². The average molecular weight is 311 g/mol. The van der Waals surface area contributed by atoms with E-state index in [1.165, 1.54) is 11.3 Å². The van der Waals surface area contributed by atoms with Crippen molar-refractivity contribution < 1.29 is 4.79 Å². The summed E-state index contributed by atoms with van der Waals surface area (Å²) < 4.78 is 2.76. The third-order valence-electron chi connectivity index (χ3n) is 3.66. The summed E-state index contributed by atoms with van der Waals surface area (Å²) >= 11 is 1.38. The molecular formula is C17H17N3OS. The number of aromatic nitrogens is 1. The summed E-state index contributed by atoms with van der Waals surface area (Å²) in [5.74, 6) is -0.112. The van der Waals surface area contributed by atoms with Crippen LogP contribution in [0.25, 0.3) is 10.2 Å². The Morgan fingerprint density at radius 3 is 2.55 bits per heavy atom. The van der Waals surface area contributed by atoms with Crippen LogP contribution in [-0.4, -0.2) is 10.5 Å². The topological polar surface area (TPSA) is 57.9 Å². The van der Waals surface area contributed by atoms with Crippen LogP contribution in [0, 0.1) is 19.3 Å². The summed E-state index contributed by atoms with van der Waals surface area (Å²) in [6, 6.07) is 13.7. The Labute approximate surface area is 132 Å². The van der Waals surface area contributed by atoms with Crippen molar-refractivity contribution in [1.82, 2.24) is 4.57 Å². The van der Waals surface area contributed by atoms with Crippen molar-refractivity contribution in [3.8, 4) is 0 Å². The number of benzene rings is 2. The average Bonchev–Trinajstić information content (AvgIpc) is 2.79. The second-order valence-corrected chi connectivity index (χ2v) is 6.31. The van der Waals surface area contributed by atoms with Crippen LogP contribution in [0.5, 0.6) is 0 Å². The molecule has 2 N–H and O–H groups in total. The molecule has 3 rings (SSSR count). The van der Waals surface area contributed by atoms with E-state index in [1.807, 2.05) is 56.3 Å². The van der Waals surface area contributed by atoms with Gasteiger partial charge < -0.3 is 9.88 Å². The van der Waals surface area contributed by atoms with Crippen molar-refractivity contribution in [2.45, 2.75) is 20.4 Å². The van der Waals surface area contributed by atoms with Gasteiger partial charge in [-0.1, -0.05) is 41.7 Å². The zero-order valence-corrected chi connectivity index (χ0v) is 13.3. The van der Waals surface area contributed by atoms with Gasteiger partial charge in [0, 0.05) is 5.69 Å². The third-order valence-corrected chi connectivity index (χ3v) is 4.63. The smallest absolute Gasteiger partial charge is 0.244 e. The first-order valence-electron chi connectivity index (χ1n) is 7.05. The van der Waals surface area contributed by atoms with Crippen molar-refractivity contribution >= 4 is 33.1 Å². The van der Waals surface area contributed by atoms with Gasteiger partial charge in [-0.2, -0.15) is 0 Å². The van der Waals surface area contributed by atoms with Gasteiger partial charge in [0.1, 0.15) is 6.54 Å². The highest BCUT2D eigenvalue weighted by atomic mass is 32.1. The van der Waals surface area contributed by atoms with E-state index in [0.29, 0.717) is 4.80 Å². The Hall–Kier alpha value is -2.40. The van der Waals surface area contributed by atoms with Crippen molar-refractivity contribution in [2.75, 3.05) is 5.32 Å². The molecule has 22 heavy (non-hydrogen) atoms. The van der Waals surface area contributed by atoms with Gasteiger partial charge in [-0.15, -0.1) is 0 Å². The number of carbonyl (C=O) groups excluding carboxylic acids is 1. The highest BCUT2D eigenvalue weighted by molar-refractivity contribution is 7.16. The van der Waals surface area contributed by atoms with Gasteiger partial charge in [0.25, 0.3) is 0 Å². The number of rotatable bonds is 3. The molecular weight excluding hydrogens is 294 g/mol. The van der Waals surface area contributed by atoms with Gasteiger partial charge in [0.05, 0.1) is 10.2 Å². The highest BCUT2D eigenvalue weighted by Gasteiger charge is 2.11. The number of amides is 1. The lowest BCUT2D eigenvalue weighted by Gasteiger charge is -2.12. The molecule has 0 aliphatic rings. The SMILES string of the molecule is Cc1cccc(C)c1NC(=O)Cn1c(=N)sc2ccccc21. The molecule has 0 bridgehead atoms. The minimum absolute atomic E-state index is 0.112. The van der Waals surface area contributed by atoms with Gasteiger partial charge >= 0.3 is 0 Å². The molecule has 0 aliphatic heterocycles. The van der Waals surface area contributed by atoms with Gasteiger partial charge in [-0.25, -0.2) is 0 Å². The number of carbonyl (C=O) groups is 1. The maximum absolute atomic E-state index is 12.4. The van der Waals surface area contributed by atoms with E-state index >= 15 is 0 Å². The van der Waals surface area contributed by atoms with Crippen LogP contribution in [0.2, 0.25) is 0 Å². The molecule has 5 heteroatoms. The molecule has 2 aromatic carbocycles. The fraction of sp³-hybridized carbons (Fsp3) is 0.176. The minimum atomic E-state index is -0.112. The van der Waals surface area contributed by atoms with Crippen LogP contribution in [-0.2, 0) is 11.3 Å². The Kier molecular flexibility index (Phi) is 3.81. The van der Waals surface area contributed by atoms with Crippen molar-refractivity contribution in [3.63, 3.8) is 0 Å². The fourth-order valence-corrected chi connectivity index (χ4v) is 3.44. The van der Waals surface area contributed by atoms with E-state index in [1.54, 1.807) is 4.57 Å². The quantitative estimate of drug-likeness (QED) is 0.765. The summed E-state index contributed by atoms with van der Waals surface area (Å²) in [7, 11) is 0. The number of para-hydroxylation sites is 2. The van der Waals surface area contributed by atoms with Crippen LogP contribution in [0.3, 0.4) is 0 Å². The maximum atomic E-state index is 12.4. The Balaban J connectivity index is 1.88. The lowest BCUT2D eigenvalue weighted by Crippen LogP contribution is -2.24. The molecule has 0 saturated carbocycles. The van der Waals surface area contributed by atoms with Gasteiger partial charge in [-0.05, 0) is 37.1 Å². The number of hydrogen-bond donors (Lipinski definition) is 2. The number of hydrogen-bond acceptors (Lipinski definition) is 3. The Bertz CT molecular complexity index is 887. The minimum Gasteiger partial charge on any atom is -0.324 e. The van der Waals surface area contributed by atoms with Crippen LogP contribution in [0.15, 0.2) is 42.5 Å². The highest BCUT2D eigenvalue weighted by Crippen LogP contribution is 2.20. The summed E-state index contributed by atoms with van der Waals surface area (Å²) in [5.41, 5.74) is 3.87. The number of nitrogens with zero attached hydrogens (tertiary/aromatic N) is 1. The maximum Gasteiger partial charge on any atom is 0.244 e. The number of thiazole rings is 1. The number of anilines is 1. The molecule has 0 saturated heterocycles. The second kappa shape index (κ2) is 5.77. The van der Waals surface area contributed by atoms with Crippen LogP contribution in [0.4, 0.5) is 5.69 Å². The molecule has 0 atom stereocenters. The zero-order valence-electron chi connectivity index (χ0n) is 12.5. The van der Waals surface area contributed by atoms with E-state index in [2.05, 4.69) is 5.32 Å². The molecule has 0 spiro atoms. The first-order valence-corrected chi connectivity index (χ1v) is 7.87. The third kappa shape index (κ3) is 2.67. The van der Waals surface area contributed by atoms with E-state index in [4.69, 9.17) is 5.41 Å². The Morgan fingerprint density at radius 2 is 1.82 bits per heavy atom. The summed E-state index contributed by atoms with van der Waals surface area (Å²) in [5, 5.41) is 11.0. The first-order chi connectivity index (χ1) is 10.6. The summed E-state index contributed by atoms with van der Waals surface area (Å²) in [6.45, 7) is 4.11. The normalized spacial score (nSPS) is 10.8. The van der Waals surface area contributed by atoms with E-state index in [0.717, 1.165) is 27.0 Å². The van der Waals surface area contributed by atoms with Crippen molar-refractivity contribution in [1.29, 1.82) is 5.41 Å². The van der Waals surface area contributed by atoms with Crippen LogP contribution >= 0.6 is 11.3 Å². The van der Waals surface area contributed by atoms with Crippen molar-refractivity contribution in [3.05, 3.63) is 58.4 Å². The lowest BCUT2D eigenvalue weighted by atomic mass is 10.1. The van der Waals surface area contributed by atoms with Crippen LogP contribution in [0.1, 0.15) is 11.1 Å². The molecule has 0 aliphatic carbocycles. The van der Waals surface area contributed by atoms with Gasteiger partial charge in [0.2, 0.25) is 5.91 Å². The largest absolute Gasteiger partial charge is 0.324 e. The van der Waals surface area contributed by atoms with E-state index < -0.39 is 0 Å². The van der Waals surface area contributed by atoms with Gasteiger partial charge in [-0.3, -0.25) is 10.2 Å². The molecule has 1 heterocycles. The molecule has 1 aromatic heterocycles. The number of aryl methyl sites for hydroxylation is 2. The lowest BCUT2D eigenvalue weighted by molar-refractivity contribution is -0.116. The zero-order chi connectivity index (χ0) is 15.7. The summed E-state index contributed by atoms with van der Waals surface area (Å²) in [6.07, 6.45) is 0. The van der Waals surface area contributed by atoms with Crippen LogP contribution < -0.4 is 10.1 Å². The molecule has 0 unspecified atom stereocenters. The summed E-state index contributed by atoms with van der Waals surface area (Å²) in [4.78, 5) is 12.8. The van der Waals surface area contributed by atoms with Gasteiger partial charge in [0.15, 0.2) is 4.80 Å². The molecule has 3 aromatic rings. The molecule has 112 valence electrons. The van der Waals surface area contributed by atoms with E-state index in [-0.39, 0.29) is 12.5 Å². The monoisotopic (exact) mass is 311 g/mol. The number of fused-ring (bicyclic) bond motifs is 1. The molecule has 0 radical (unpaired) electrons. The molecule has 1 amide bonds. The molecule has 0 fully saturated rings. The second-order valence-electron chi connectivity index (χ2n) is 5.28. The van der Waals surface area contributed by atoms with Crippen molar-refractivity contribution in [2.24, 2.45) is 0 Å². The molecule has 4 nitrogen and oxygen atoms in total. The standard InChI is InChI=1S/C17H17N3OS/c1-11-6-5-7-12(2)16(11)19-15(21)10-20-13-8-3-4-9-14(13)22-17(20)18/h3-9,18H,10H2,1-2H3,(H,19,21). The predicted octanol–water partition coefficient (Wildman–Crippen LogP) is 3.44. The first kappa shape index (κ1) is 14.5. The Morgan fingerprint density at radius 1 is 1.14 bits per heavy atom. The predicted molar refractivity (Wildman–Crippen MR) is 90.2 cm³/mol. The fourth-order valence-electron chi connectivity index (χ4n) is 2.53.